The first-order valence-corrected chi connectivity index (χ1v) is 12.0. The highest BCUT2D eigenvalue weighted by molar-refractivity contribution is 5.99. The highest BCUT2D eigenvalue weighted by Gasteiger charge is 2.27. The number of methoxy groups -OCH3 is 1. The fraction of sp³-hybridized carbons (Fsp3) is 0.500. The second-order valence-corrected chi connectivity index (χ2v) is 9.23. The molecule has 0 N–H and O–H groups in total. The molecule has 3 heterocycles. The predicted octanol–water partition coefficient (Wildman–Crippen LogP) is 4.40. The first-order chi connectivity index (χ1) is 16.3. The van der Waals surface area contributed by atoms with Gasteiger partial charge in [-0.3, -0.25) is 0 Å². The van der Waals surface area contributed by atoms with Crippen LogP contribution in [0, 0.1) is 0 Å². The van der Waals surface area contributed by atoms with E-state index in [1.807, 2.05) is 37.0 Å². The number of esters is 1. The molecule has 0 unspecified atom stereocenters. The van der Waals surface area contributed by atoms with Crippen molar-refractivity contribution in [1.82, 2.24) is 14.8 Å². The third-order valence-corrected chi connectivity index (χ3v) is 6.38. The summed E-state index contributed by atoms with van der Waals surface area (Å²) in [6, 6.07) is 10.0. The van der Waals surface area contributed by atoms with Gasteiger partial charge in [-0.2, -0.15) is 5.10 Å². The lowest BCUT2D eigenvalue weighted by Crippen LogP contribution is -2.37. The van der Waals surface area contributed by atoms with E-state index >= 15 is 0 Å². The maximum absolute atomic E-state index is 12.8. The molecule has 2 aromatic heterocycles. The van der Waals surface area contributed by atoms with E-state index in [1.54, 1.807) is 14.0 Å². The highest BCUT2D eigenvalue weighted by Crippen LogP contribution is 2.36. The largest absolute Gasteiger partial charge is 0.461 e. The van der Waals surface area contributed by atoms with Crippen LogP contribution in [0.25, 0.3) is 16.7 Å². The molecule has 8 heteroatoms. The molecule has 0 saturated carbocycles. The number of carbonyl (C=O) groups is 1. The Labute approximate surface area is 201 Å². The van der Waals surface area contributed by atoms with Crippen molar-refractivity contribution < 1.29 is 14.3 Å². The Morgan fingerprint density at radius 2 is 1.94 bits per heavy atom. The second-order valence-electron chi connectivity index (χ2n) is 9.23. The molecule has 1 fully saturated rings. The van der Waals surface area contributed by atoms with Crippen molar-refractivity contribution >= 4 is 28.4 Å². The molecule has 182 valence electrons. The molecule has 1 aromatic carbocycles. The Morgan fingerprint density at radius 1 is 1.21 bits per heavy atom. The normalized spacial score (nSPS) is 14.7. The number of pyridine rings is 1. The summed E-state index contributed by atoms with van der Waals surface area (Å²) in [5, 5.41) is 6.02. The van der Waals surface area contributed by atoms with E-state index in [9.17, 15) is 4.79 Å². The van der Waals surface area contributed by atoms with Crippen LogP contribution in [-0.4, -0.2) is 67.7 Å². The highest BCUT2D eigenvalue weighted by atomic mass is 16.5. The van der Waals surface area contributed by atoms with E-state index in [0.29, 0.717) is 17.9 Å². The average molecular weight is 466 g/mol. The summed E-state index contributed by atoms with van der Waals surface area (Å²) in [6.45, 7) is 8.08. The molecule has 1 saturated heterocycles. The first kappa shape index (κ1) is 24.0. The molecule has 34 heavy (non-hydrogen) atoms. The van der Waals surface area contributed by atoms with Crippen LogP contribution in [0.2, 0.25) is 0 Å². The van der Waals surface area contributed by atoms with Crippen molar-refractivity contribution in [2.45, 2.75) is 45.6 Å². The minimum Gasteiger partial charge on any atom is -0.461 e. The van der Waals surface area contributed by atoms with E-state index in [-0.39, 0.29) is 12.0 Å². The van der Waals surface area contributed by atoms with E-state index in [4.69, 9.17) is 19.6 Å². The van der Waals surface area contributed by atoms with Gasteiger partial charge < -0.3 is 19.3 Å². The Bertz CT molecular complexity index is 1160. The van der Waals surface area contributed by atoms with Crippen LogP contribution in [0.1, 0.15) is 55.7 Å². The molecule has 8 nitrogen and oxygen atoms in total. The van der Waals surface area contributed by atoms with Gasteiger partial charge in [-0.25, -0.2) is 14.5 Å². The van der Waals surface area contributed by atoms with Crippen LogP contribution in [0.5, 0.6) is 0 Å². The standard InChI is InChI=1S/C26H35N5O3/c1-7-34-26(32)21-16-22(30-13-11-20(33-6)12-14-30)23-24(17(2)3)28-31(25(23)27-21)19-10-8-9-18(15-19)29(4)5/h8-10,15-17,20H,7,11-14H2,1-6H3. The topological polar surface area (TPSA) is 72.7 Å². The quantitative estimate of drug-likeness (QED) is 0.479. The number of anilines is 2. The number of piperidine rings is 1. The summed E-state index contributed by atoms with van der Waals surface area (Å²) < 4.78 is 12.8. The van der Waals surface area contributed by atoms with Crippen LogP contribution in [0.15, 0.2) is 30.3 Å². The number of benzene rings is 1. The van der Waals surface area contributed by atoms with Gasteiger partial charge in [0.25, 0.3) is 0 Å². The molecule has 0 radical (unpaired) electrons. The number of nitrogens with zero attached hydrogens (tertiary/aromatic N) is 5. The maximum Gasteiger partial charge on any atom is 0.357 e. The Hall–Kier alpha value is -3.13. The van der Waals surface area contributed by atoms with Crippen molar-refractivity contribution in [1.29, 1.82) is 0 Å². The molecule has 0 bridgehead atoms. The number of carbonyl (C=O) groups excluding carboxylic acids is 1. The third kappa shape index (κ3) is 4.59. The van der Waals surface area contributed by atoms with E-state index in [2.05, 4.69) is 35.8 Å². The lowest BCUT2D eigenvalue weighted by molar-refractivity contribution is 0.0519. The van der Waals surface area contributed by atoms with E-state index < -0.39 is 5.97 Å². The predicted molar refractivity (Wildman–Crippen MR) is 135 cm³/mol. The summed E-state index contributed by atoms with van der Waals surface area (Å²) in [6.07, 6.45) is 2.13. The lowest BCUT2D eigenvalue weighted by Gasteiger charge is -2.33. The molecule has 4 rings (SSSR count). The number of aromatic nitrogens is 3. The van der Waals surface area contributed by atoms with E-state index in [1.165, 1.54) is 0 Å². The molecular formula is C26H35N5O3. The number of hydrogen-bond acceptors (Lipinski definition) is 7. The molecule has 0 atom stereocenters. The van der Waals surface area contributed by atoms with Crippen LogP contribution in [0.4, 0.5) is 11.4 Å². The fourth-order valence-electron chi connectivity index (χ4n) is 4.50. The van der Waals surface area contributed by atoms with Gasteiger partial charge in [-0.15, -0.1) is 0 Å². The second kappa shape index (κ2) is 10.0. The molecule has 1 aliphatic rings. The zero-order valence-corrected chi connectivity index (χ0v) is 21.0. The minimum atomic E-state index is -0.418. The molecule has 0 aliphatic carbocycles. The van der Waals surface area contributed by atoms with Gasteiger partial charge in [0.1, 0.15) is 0 Å². The molecule has 1 aliphatic heterocycles. The van der Waals surface area contributed by atoms with Gasteiger partial charge in [0.2, 0.25) is 0 Å². The van der Waals surface area contributed by atoms with Crippen molar-refractivity contribution in [3.63, 3.8) is 0 Å². The van der Waals surface area contributed by atoms with Crippen LogP contribution < -0.4 is 9.80 Å². The molecule has 3 aromatic rings. The Balaban J connectivity index is 1.95. The third-order valence-electron chi connectivity index (χ3n) is 6.38. The minimum absolute atomic E-state index is 0.186. The fourth-order valence-corrected chi connectivity index (χ4v) is 4.50. The van der Waals surface area contributed by atoms with Gasteiger partial charge in [0.05, 0.1) is 35.2 Å². The summed E-state index contributed by atoms with van der Waals surface area (Å²) in [5.74, 6) is -0.232. The maximum atomic E-state index is 12.8. The van der Waals surface area contributed by atoms with Gasteiger partial charge in [-0.05, 0) is 49.9 Å². The summed E-state index contributed by atoms with van der Waals surface area (Å²) in [5.41, 5.74) is 4.90. The SMILES string of the molecule is CCOC(=O)c1cc(N2CCC(OC)CC2)c2c(C(C)C)nn(-c3cccc(N(C)C)c3)c2n1. The van der Waals surface area contributed by atoms with Gasteiger partial charge in [0, 0.05) is 40.0 Å². The van der Waals surface area contributed by atoms with Crippen LogP contribution in [0.3, 0.4) is 0 Å². The number of ether oxygens (including phenoxy) is 2. The molecular weight excluding hydrogens is 430 g/mol. The van der Waals surface area contributed by atoms with Gasteiger partial charge in [0.15, 0.2) is 11.3 Å². The van der Waals surface area contributed by atoms with Crippen LogP contribution in [-0.2, 0) is 9.47 Å². The monoisotopic (exact) mass is 465 g/mol. The summed E-state index contributed by atoms with van der Waals surface area (Å²) >= 11 is 0. The lowest BCUT2D eigenvalue weighted by atomic mass is 10.0. The first-order valence-electron chi connectivity index (χ1n) is 12.0. The van der Waals surface area contributed by atoms with Crippen molar-refractivity contribution in [2.24, 2.45) is 0 Å². The molecule has 0 amide bonds. The Morgan fingerprint density at radius 3 is 2.56 bits per heavy atom. The number of rotatable bonds is 7. The smallest absolute Gasteiger partial charge is 0.357 e. The van der Waals surface area contributed by atoms with Crippen molar-refractivity contribution in [3.05, 3.63) is 41.7 Å². The van der Waals surface area contributed by atoms with Gasteiger partial charge >= 0.3 is 5.97 Å². The zero-order valence-electron chi connectivity index (χ0n) is 21.0. The zero-order chi connectivity index (χ0) is 24.4. The van der Waals surface area contributed by atoms with Gasteiger partial charge in [-0.1, -0.05) is 19.9 Å². The van der Waals surface area contributed by atoms with Crippen molar-refractivity contribution in [2.75, 3.05) is 50.7 Å². The van der Waals surface area contributed by atoms with Crippen LogP contribution >= 0.6 is 0 Å². The summed E-state index contributed by atoms with van der Waals surface area (Å²) in [4.78, 5) is 22.0. The Kier molecular flexibility index (Phi) is 7.07. The summed E-state index contributed by atoms with van der Waals surface area (Å²) in [7, 11) is 5.80. The van der Waals surface area contributed by atoms with Crippen molar-refractivity contribution in [3.8, 4) is 5.69 Å². The number of hydrogen-bond donors (Lipinski definition) is 0. The van der Waals surface area contributed by atoms with E-state index in [0.717, 1.165) is 54.1 Å². The molecule has 0 spiro atoms. The number of fused-ring (bicyclic) bond motifs is 1. The average Bonchev–Trinajstić information content (AvgIpc) is 3.24.